The average Bonchev–Trinajstić information content (AvgIpc) is 2.33. The van der Waals surface area contributed by atoms with Crippen LogP contribution >= 0.6 is 0 Å². The molecule has 0 fully saturated rings. The van der Waals surface area contributed by atoms with Crippen LogP contribution in [-0.2, 0) is 0 Å². The van der Waals surface area contributed by atoms with Gasteiger partial charge in [0.1, 0.15) is 0 Å². The maximum absolute atomic E-state index is 4.48. The van der Waals surface area contributed by atoms with Gasteiger partial charge in [-0.2, -0.15) is 0 Å². The summed E-state index contributed by atoms with van der Waals surface area (Å²) in [6.07, 6.45) is 17.0. The molecule has 0 aliphatic carbocycles. The zero-order chi connectivity index (χ0) is 11.6. The highest BCUT2D eigenvalue weighted by atomic mass is 14.7. The van der Waals surface area contributed by atoms with Gasteiger partial charge in [0.2, 0.25) is 0 Å². The lowest BCUT2D eigenvalue weighted by Crippen LogP contribution is -2.02. The highest BCUT2D eigenvalue weighted by Gasteiger charge is 2.03. The van der Waals surface area contributed by atoms with Crippen LogP contribution in [0.1, 0.15) is 32.6 Å². The predicted molar refractivity (Wildman–Crippen MR) is 73.0 cm³/mol. The maximum Gasteiger partial charge on any atom is 0.0570 e. The van der Waals surface area contributed by atoms with Gasteiger partial charge >= 0.3 is 0 Å². The quantitative estimate of drug-likeness (QED) is 0.587. The Bertz CT molecular complexity index is 329. The van der Waals surface area contributed by atoms with Gasteiger partial charge in [0, 0.05) is 6.54 Å². The van der Waals surface area contributed by atoms with E-state index in [0.717, 1.165) is 37.9 Å². The van der Waals surface area contributed by atoms with Crippen molar-refractivity contribution in [2.75, 3.05) is 6.54 Å². The van der Waals surface area contributed by atoms with Crippen molar-refractivity contribution in [2.45, 2.75) is 32.6 Å². The molecule has 16 heavy (non-hydrogen) atoms. The molecule has 0 bridgehead atoms. The first kappa shape index (κ1) is 12.7. The Morgan fingerprint density at radius 3 is 3.06 bits per heavy atom. The fraction of sp³-hybridized carbons (Fsp3) is 0.400. The fourth-order valence-corrected chi connectivity index (χ4v) is 1.65. The van der Waals surface area contributed by atoms with Gasteiger partial charge in [0.25, 0.3) is 0 Å². The summed E-state index contributed by atoms with van der Waals surface area (Å²) < 4.78 is 0. The summed E-state index contributed by atoms with van der Waals surface area (Å²) in [6.45, 7) is 6.75. The van der Waals surface area contributed by atoms with E-state index in [4.69, 9.17) is 0 Å². The van der Waals surface area contributed by atoms with Gasteiger partial charge in [0.05, 0.1) is 5.71 Å². The Morgan fingerprint density at radius 1 is 1.44 bits per heavy atom. The summed E-state index contributed by atoms with van der Waals surface area (Å²) in [7, 11) is 0. The van der Waals surface area contributed by atoms with Gasteiger partial charge in [-0.1, -0.05) is 43.4 Å². The van der Waals surface area contributed by atoms with Crippen molar-refractivity contribution < 1.29 is 0 Å². The van der Waals surface area contributed by atoms with Crippen LogP contribution in [0.4, 0.5) is 0 Å². The smallest absolute Gasteiger partial charge is 0.0570 e. The molecule has 1 rings (SSSR count). The lowest BCUT2D eigenvalue weighted by atomic mass is 10.0. The van der Waals surface area contributed by atoms with E-state index in [9.17, 15) is 0 Å². The molecule has 0 saturated heterocycles. The van der Waals surface area contributed by atoms with Crippen LogP contribution in [0.25, 0.3) is 0 Å². The zero-order valence-electron chi connectivity index (χ0n) is 10.2. The molecule has 0 saturated carbocycles. The van der Waals surface area contributed by atoms with E-state index in [1.54, 1.807) is 0 Å². The molecule has 0 radical (unpaired) electrons. The predicted octanol–water partition coefficient (Wildman–Crippen LogP) is 4.25. The van der Waals surface area contributed by atoms with E-state index >= 15 is 0 Å². The van der Waals surface area contributed by atoms with E-state index in [1.807, 2.05) is 12.2 Å². The number of aliphatic imine (C=N–C) groups is 1. The SMILES string of the molecule is C=C/C=C\CCC1=CC(/C=C/CC)=NCC1. The van der Waals surface area contributed by atoms with E-state index in [-0.39, 0.29) is 0 Å². The highest BCUT2D eigenvalue weighted by Crippen LogP contribution is 2.15. The van der Waals surface area contributed by atoms with Gasteiger partial charge in [-0.05, 0) is 37.8 Å². The van der Waals surface area contributed by atoms with Crippen molar-refractivity contribution in [1.29, 1.82) is 0 Å². The van der Waals surface area contributed by atoms with Crippen LogP contribution in [-0.4, -0.2) is 12.3 Å². The molecule has 86 valence electrons. The summed E-state index contributed by atoms with van der Waals surface area (Å²) in [6, 6.07) is 0. The molecule has 1 heterocycles. The number of allylic oxidation sites excluding steroid dienone is 6. The van der Waals surface area contributed by atoms with Crippen LogP contribution < -0.4 is 0 Å². The first-order valence-corrected chi connectivity index (χ1v) is 6.04. The largest absolute Gasteiger partial charge is 0.285 e. The second-order valence-electron chi connectivity index (χ2n) is 3.87. The van der Waals surface area contributed by atoms with Crippen LogP contribution in [0.2, 0.25) is 0 Å². The lowest BCUT2D eigenvalue weighted by Gasteiger charge is -2.10. The minimum absolute atomic E-state index is 0.945. The topological polar surface area (TPSA) is 12.4 Å². The standard InChI is InChI=1S/C15H21N/c1-3-5-7-8-9-14-11-12-16-15(13-14)10-6-4-2/h3,5-7,10,13H,1,4,8-9,11-12H2,2H3/b7-5-,10-6+. The molecule has 0 aromatic rings. The van der Waals surface area contributed by atoms with Gasteiger partial charge in [-0.15, -0.1) is 0 Å². The van der Waals surface area contributed by atoms with Gasteiger partial charge in [0.15, 0.2) is 0 Å². The Hall–Kier alpha value is -1.37. The number of dihydropyridines is 1. The average molecular weight is 215 g/mol. The molecule has 0 N–H and O–H groups in total. The second-order valence-corrected chi connectivity index (χ2v) is 3.87. The minimum atomic E-state index is 0.945. The third-order valence-electron chi connectivity index (χ3n) is 2.51. The summed E-state index contributed by atoms with van der Waals surface area (Å²) in [4.78, 5) is 4.48. The second kappa shape index (κ2) is 7.86. The normalized spacial score (nSPS) is 16.6. The molecule has 0 amide bonds. The maximum atomic E-state index is 4.48. The fourth-order valence-electron chi connectivity index (χ4n) is 1.65. The van der Waals surface area contributed by atoms with Crippen molar-refractivity contribution >= 4 is 5.71 Å². The summed E-state index contributed by atoms with van der Waals surface area (Å²) >= 11 is 0. The van der Waals surface area contributed by atoms with Crippen LogP contribution in [0, 0.1) is 0 Å². The van der Waals surface area contributed by atoms with Crippen LogP contribution in [0.5, 0.6) is 0 Å². The number of nitrogens with zero attached hydrogens (tertiary/aromatic N) is 1. The summed E-state index contributed by atoms with van der Waals surface area (Å²) in [5.41, 5.74) is 2.65. The molecular weight excluding hydrogens is 194 g/mol. The van der Waals surface area contributed by atoms with Crippen molar-refractivity contribution in [1.82, 2.24) is 0 Å². The number of rotatable bonds is 6. The van der Waals surface area contributed by atoms with Crippen molar-refractivity contribution in [2.24, 2.45) is 4.99 Å². The molecule has 0 spiro atoms. The minimum Gasteiger partial charge on any atom is -0.285 e. The molecule has 1 nitrogen and oxygen atoms in total. The Labute approximate surface area is 99.0 Å². The van der Waals surface area contributed by atoms with Crippen molar-refractivity contribution in [3.63, 3.8) is 0 Å². The van der Waals surface area contributed by atoms with E-state index < -0.39 is 0 Å². The Balaban J connectivity index is 2.45. The number of hydrogen-bond donors (Lipinski definition) is 0. The molecule has 0 aromatic heterocycles. The van der Waals surface area contributed by atoms with Gasteiger partial charge < -0.3 is 0 Å². The molecule has 1 aliphatic heterocycles. The molecule has 0 aromatic carbocycles. The first-order chi connectivity index (χ1) is 7.86. The van der Waals surface area contributed by atoms with Crippen molar-refractivity contribution in [3.8, 4) is 0 Å². The third kappa shape index (κ3) is 4.92. The highest BCUT2D eigenvalue weighted by molar-refractivity contribution is 6.04. The third-order valence-corrected chi connectivity index (χ3v) is 2.51. The van der Waals surface area contributed by atoms with Crippen LogP contribution in [0.15, 0.2) is 53.6 Å². The van der Waals surface area contributed by atoms with Crippen LogP contribution in [0.3, 0.4) is 0 Å². The molecule has 1 heteroatoms. The Morgan fingerprint density at radius 2 is 2.31 bits per heavy atom. The molecule has 0 unspecified atom stereocenters. The number of hydrogen-bond acceptors (Lipinski definition) is 1. The summed E-state index contributed by atoms with van der Waals surface area (Å²) in [5, 5.41) is 0. The Kier molecular flexibility index (Phi) is 6.24. The van der Waals surface area contributed by atoms with Gasteiger partial charge in [-0.3, -0.25) is 4.99 Å². The lowest BCUT2D eigenvalue weighted by molar-refractivity contribution is 0.848. The monoisotopic (exact) mass is 215 g/mol. The van der Waals surface area contributed by atoms with Gasteiger partial charge in [-0.25, -0.2) is 0 Å². The van der Waals surface area contributed by atoms with E-state index in [1.165, 1.54) is 5.57 Å². The molecule has 1 aliphatic rings. The first-order valence-electron chi connectivity index (χ1n) is 6.04. The summed E-state index contributed by atoms with van der Waals surface area (Å²) in [5.74, 6) is 0. The molecular formula is C15H21N. The van der Waals surface area contributed by atoms with Crippen molar-refractivity contribution in [3.05, 3.63) is 48.6 Å². The van der Waals surface area contributed by atoms with E-state index in [2.05, 4.69) is 42.8 Å². The zero-order valence-corrected chi connectivity index (χ0v) is 10.2. The molecule has 0 atom stereocenters. The van der Waals surface area contributed by atoms with E-state index in [0.29, 0.717) is 0 Å².